The Labute approximate surface area is 497 Å². The molecule has 0 radical (unpaired) electrons. The van der Waals surface area contributed by atoms with Gasteiger partial charge in [-0.1, -0.05) is 235 Å². The highest BCUT2D eigenvalue weighted by Crippen LogP contribution is 2.39. The summed E-state index contributed by atoms with van der Waals surface area (Å²) in [6.07, 6.45) is 3.64. The maximum absolute atomic E-state index is 10.9. The fraction of sp³-hybridized carbons (Fsp3) is 0.108. The Kier molecular flexibility index (Phi) is 8.35. The molecule has 80 heavy (non-hydrogen) atoms. The second kappa shape index (κ2) is 20.1. The molecule has 0 N–H and O–H groups in total. The molecule has 0 saturated heterocycles. The molecule has 0 spiro atoms. The lowest BCUT2D eigenvalue weighted by molar-refractivity contribution is -0.566. The molecular formula is C74H63N4OSi+. The van der Waals surface area contributed by atoms with Crippen LogP contribution in [0.2, 0.25) is 0 Å². The number of hydrogen-bond donors (Lipinski definition) is 0. The molecule has 0 bridgehead atoms. The van der Waals surface area contributed by atoms with Gasteiger partial charge in [-0.3, -0.25) is 4.57 Å². The highest BCUT2D eigenvalue weighted by molar-refractivity contribution is 7.19. The third kappa shape index (κ3) is 8.92. The molecule has 0 atom stereocenters. The number of nitrogens with zero attached hydrogens (tertiary/aromatic N) is 4. The Balaban J connectivity index is 1.10. The lowest BCUT2D eigenvalue weighted by atomic mass is 9.85. The first-order chi connectivity index (χ1) is 46.8. The minimum atomic E-state index is -6.20. The van der Waals surface area contributed by atoms with E-state index in [9.17, 15) is 13.7 Å². The molecule has 388 valence electrons. The van der Waals surface area contributed by atoms with E-state index in [1.807, 2.05) is 137 Å². The van der Waals surface area contributed by atoms with E-state index in [0.29, 0.717) is 39.3 Å². The number of hydrogen-bond acceptors (Lipinski definition) is 2. The minimum absolute atomic E-state index is 0.0302. The van der Waals surface area contributed by atoms with Gasteiger partial charge in [-0.05, 0) is 108 Å². The van der Waals surface area contributed by atoms with E-state index in [1.165, 1.54) is 0 Å². The predicted octanol–water partition coefficient (Wildman–Crippen LogP) is 15.5. The Morgan fingerprint density at radius 2 is 1.06 bits per heavy atom. The van der Waals surface area contributed by atoms with Crippen molar-refractivity contribution in [1.82, 2.24) is 14.1 Å². The van der Waals surface area contributed by atoms with E-state index in [-0.39, 0.29) is 16.7 Å². The molecule has 0 amide bonds. The van der Waals surface area contributed by atoms with Gasteiger partial charge in [0.15, 0.2) is 19.1 Å². The van der Waals surface area contributed by atoms with Crippen molar-refractivity contribution in [3.63, 3.8) is 0 Å². The summed E-state index contributed by atoms with van der Waals surface area (Å²) in [6, 6.07) is 26.6. The van der Waals surface area contributed by atoms with Crippen LogP contribution >= 0.6 is 0 Å². The number of benzene rings is 10. The average molecular weight is 1070 g/mol. The zero-order valence-corrected chi connectivity index (χ0v) is 45.7. The maximum Gasteiger partial charge on any atom is 0.255 e. The molecule has 0 aliphatic rings. The van der Waals surface area contributed by atoms with Gasteiger partial charge in [0.1, 0.15) is 28.7 Å². The van der Waals surface area contributed by atoms with Crippen LogP contribution in [-0.4, -0.2) is 22.2 Å². The molecule has 13 aromatic rings. The topological polar surface area (TPSA) is 35.9 Å². The second-order valence-corrected chi connectivity index (χ2v) is 25.2. The van der Waals surface area contributed by atoms with E-state index in [0.717, 1.165) is 38.8 Å². The van der Waals surface area contributed by atoms with Crippen molar-refractivity contribution in [1.29, 1.82) is 0 Å². The number of rotatable bonds is 11. The van der Waals surface area contributed by atoms with Gasteiger partial charge in [0.2, 0.25) is 0 Å². The molecule has 13 rings (SSSR count). The SMILES string of the molecule is [2H]c1c([2H])c([2H])c([Si](c2c([2H])c([2H])c([2H])c([2H])c2[2H])(c2c([2H])c([2H])c([2H])c([2H])c2[2H])c2c([2H])c([2H])c([2H])c(-c3cccc(-c4cccc(C(C)(C)C)c4)c3-[n+]3cn(-c4cccc(Oc5ccc6c7ccccc7n(-c7cc(C(C)(C)C)ccn7)c6c5)c4)c4ccccc43)c2[2H])c([2H])c1[2H]. The maximum atomic E-state index is 10.9. The first-order valence-corrected chi connectivity index (χ1v) is 28.2. The summed E-state index contributed by atoms with van der Waals surface area (Å²) in [4.78, 5) is 4.86. The Bertz CT molecular complexity index is 5340. The Morgan fingerprint density at radius 1 is 0.475 bits per heavy atom. The molecule has 3 heterocycles. The van der Waals surface area contributed by atoms with E-state index in [1.54, 1.807) is 12.1 Å². The molecule has 6 heteroatoms. The molecule has 0 aliphatic carbocycles. The molecule has 0 fully saturated rings. The standard InChI is InChI=1S/C74H63N4OSi/c1-73(2,3)54-26-20-24-52(46-54)63-37-23-38-64(53-25-21-35-62(47-53)80(59-29-10-7-11-30-59,60-31-12-8-13-32-60)61-33-14-9-15-34-61)72(63)77-51-76(68-40-18-19-41-69(68)77)56-27-22-28-57(49-56)79-58-42-43-66-65-36-16-17-39-67(65)78(70(66)50-58)71-48-55(44-45-75-71)74(4,5)6/h7-51H,1-6H3/q+1/i7D,8D,9D,10D,11D,12D,13D,14D,15D,21D,25D,29D,30D,31D,32D,33D,34D,35D,47D. The van der Waals surface area contributed by atoms with Crippen molar-refractivity contribution in [2.24, 2.45) is 0 Å². The first kappa shape index (κ1) is 33.2. The van der Waals surface area contributed by atoms with E-state index in [4.69, 9.17) is 22.1 Å². The van der Waals surface area contributed by atoms with Crippen molar-refractivity contribution in [2.45, 2.75) is 52.4 Å². The van der Waals surface area contributed by atoms with Crippen LogP contribution in [-0.2, 0) is 10.8 Å². The fourth-order valence-electron chi connectivity index (χ4n) is 10.7. The van der Waals surface area contributed by atoms with Gasteiger partial charge in [0.05, 0.1) is 37.1 Å². The van der Waals surface area contributed by atoms with Gasteiger partial charge in [-0.2, -0.15) is 9.13 Å². The quantitative estimate of drug-likeness (QED) is 0.0735. The van der Waals surface area contributed by atoms with Crippen LogP contribution in [0.5, 0.6) is 11.5 Å². The lowest BCUT2D eigenvalue weighted by Crippen LogP contribution is -2.74. The molecule has 0 aliphatic heterocycles. The zero-order chi connectivity index (χ0) is 71.1. The van der Waals surface area contributed by atoms with Crippen molar-refractivity contribution in [3.8, 4) is 50.9 Å². The van der Waals surface area contributed by atoms with Gasteiger partial charge in [0, 0.05) is 40.2 Å². The third-order valence-corrected chi connectivity index (χ3v) is 18.7. The van der Waals surface area contributed by atoms with Crippen LogP contribution < -0.4 is 30.1 Å². The number of para-hydroxylation sites is 4. The monoisotopic (exact) mass is 1070 g/mol. The average Bonchev–Trinajstić information content (AvgIpc) is 1.28. The van der Waals surface area contributed by atoms with Crippen LogP contribution in [0.1, 0.15) is 78.7 Å². The highest BCUT2D eigenvalue weighted by atomic mass is 28.3. The van der Waals surface area contributed by atoms with Crippen molar-refractivity contribution in [2.75, 3.05) is 0 Å². The zero-order valence-electron chi connectivity index (χ0n) is 63.7. The summed E-state index contributed by atoms with van der Waals surface area (Å²) in [5.41, 5.74) is 6.22. The number of ether oxygens (including phenoxy) is 1. The van der Waals surface area contributed by atoms with Crippen molar-refractivity contribution in [3.05, 3.63) is 284 Å². The summed E-state index contributed by atoms with van der Waals surface area (Å²) in [5, 5.41) is -1.63. The van der Waals surface area contributed by atoms with Crippen LogP contribution in [0.25, 0.3) is 72.3 Å². The molecule has 5 nitrogen and oxygen atoms in total. The van der Waals surface area contributed by atoms with Crippen LogP contribution in [0, 0.1) is 0 Å². The first-order valence-electron chi connectivity index (χ1n) is 35.7. The van der Waals surface area contributed by atoms with Gasteiger partial charge in [-0.25, -0.2) is 4.98 Å². The van der Waals surface area contributed by atoms with Crippen molar-refractivity contribution >= 4 is 61.7 Å². The highest BCUT2D eigenvalue weighted by Gasteiger charge is 2.41. The predicted molar refractivity (Wildman–Crippen MR) is 335 cm³/mol. The fourth-order valence-corrected chi connectivity index (χ4v) is 14.3. The molecule has 0 saturated carbocycles. The van der Waals surface area contributed by atoms with Crippen LogP contribution in [0.3, 0.4) is 0 Å². The number of fused-ring (bicyclic) bond motifs is 4. The summed E-state index contributed by atoms with van der Waals surface area (Å²) in [7, 11) is -6.20. The lowest BCUT2D eigenvalue weighted by Gasteiger charge is -2.34. The third-order valence-electron chi connectivity index (χ3n) is 14.7. The van der Waals surface area contributed by atoms with Crippen molar-refractivity contribution < 1.29 is 35.3 Å². The Hall–Kier alpha value is -9.36. The second-order valence-electron chi connectivity index (χ2n) is 21.7. The van der Waals surface area contributed by atoms with Gasteiger partial charge >= 0.3 is 0 Å². The number of pyridine rings is 1. The van der Waals surface area contributed by atoms with E-state index in [2.05, 4.69) is 64.3 Å². The summed E-state index contributed by atoms with van der Waals surface area (Å²) in [6.45, 7) is 12.7. The molecule has 10 aromatic carbocycles. The van der Waals surface area contributed by atoms with E-state index >= 15 is 0 Å². The molecular weight excluding hydrogens is 989 g/mol. The summed E-state index contributed by atoms with van der Waals surface area (Å²) in [5.74, 6) is 1.77. The van der Waals surface area contributed by atoms with Crippen LogP contribution in [0.4, 0.5) is 0 Å². The Morgan fingerprint density at radius 3 is 1.76 bits per heavy atom. The van der Waals surface area contributed by atoms with Gasteiger partial charge < -0.3 is 4.74 Å². The summed E-state index contributed by atoms with van der Waals surface area (Å²) >= 11 is 0. The van der Waals surface area contributed by atoms with E-state index < -0.39 is 155 Å². The van der Waals surface area contributed by atoms with Crippen LogP contribution in [0.15, 0.2) is 273 Å². The largest absolute Gasteiger partial charge is 0.457 e. The molecule has 3 aromatic heterocycles. The number of imidazole rings is 1. The smallest absolute Gasteiger partial charge is 0.255 e. The minimum Gasteiger partial charge on any atom is -0.457 e. The molecule has 0 unspecified atom stereocenters. The normalized spacial score (nSPS) is 15.4. The van der Waals surface area contributed by atoms with Gasteiger partial charge in [0.25, 0.3) is 6.33 Å². The number of aromatic nitrogens is 4. The van der Waals surface area contributed by atoms with Gasteiger partial charge in [-0.15, -0.1) is 0 Å². The summed E-state index contributed by atoms with van der Waals surface area (Å²) < 4.78 is 193.